The fraction of sp³-hybridized carbons (Fsp3) is 0.467. The van der Waals surface area contributed by atoms with Crippen LogP contribution in [0.15, 0.2) is 18.2 Å². The van der Waals surface area contributed by atoms with Crippen LogP contribution in [0.3, 0.4) is 0 Å². The Morgan fingerprint density at radius 3 is 2.48 bits per heavy atom. The van der Waals surface area contributed by atoms with Crippen LogP contribution in [-0.2, 0) is 0 Å². The maximum absolute atomic E-state index is 12.3. The molecule has 0 spiro atoms. The molecular weight excluding hydrogens is 272 g/mol. The number of nitrogens with one attached hydrogen (secondary N) is 1. The van der Waals surface area contributed by atoms with Gasteiger partial charge in [-0.25, -0.2) is 9.59 Å². The lowest BCUT2D eigenvalue weighted by Crippen LogP contribution is -2.46. The Morgan fingerprint density at radius 1 is 1.38 bits per heavy atom. The molecule has 21 heavy (non-hydrogen) atoms. The van der Waals surface area contributed by atoms with Gasteiger partial charge in [0.15, 0.2) is 0 Å². The molecule has 0 fully saturated rings. The number of benzene rings is 1. The van der Waals surface area contributed by atoms with E-state index in [-0.39, 0.29) is 17.1 Å². The second-order valence-electron chi connectivity index (χ2n) is 5.38. The Balaban J connectivity index is 3.03. The number of ether oxygens (including phenoxy) is 1. The van der Waals surface area contributed by atoms with Crippen molar-refractivity contribution in [2.24, 2.45) is 0 Å². The molecule has 6 nitrogen and oxygen atoms in total. The number of rotatable bonds is 5. The molecule has 0 aliphatic rings. The molecule has 0 radical (unpaired) electrons. The molecule has 0 heterocycles. The Morgan fingerprint density at radius 2 is 2.00 bits per heavy atom. The second-order valence-corrected chi connectivity index (χ2v) is 5.38. The molecule has 0 bridgehead atoms. The third-order valence-corrected chi connectivity index (χ3v) is 3.77. The maximum Gasteiger partial charge on any atom is 0.335 e. The summed E-state index contributed by atoms with van der Waals surface area (Å²) in [5.74, 6) is -0.647. The van der Waals surface area contributed by atoms with E-state index < -0.39 is 5.97 Å². The van der Waals surface area contributed by atoms with E-state index in [9.17, 15) is 9.59 Å². The summed E-state index contributed by atoms with van der Waals surface area (Å²) in [6.07, 6.45) is 0.795. The predicted molar refractivity (Wildman–Crippen MR) is 81.1 cm³/mol. The number of methoxy groups -OCH3 is 1. The second kappa shape index (κ2) is 6.47. The van der Waals surface area contributed by atoms with Crippen LogP contribution >= 0.6 is 0 Å². The molecular formula is C15H22N2O4. The number of carbonyl (C=O) groups is 2. The molecule has 2 amide bonds. The van der Waals surface area contributed by atoms with Crippen molar-refractivity contribution < 1.29 is 19.4 Å². The van der Waals surface area contributed by atoms with Crippen molar-refractivity contribution in [2.45, 2.75) is 32.7 Å². The van der Waals surface area contributed by atoms with E-state index in [2.05, 4.69) is 5.32 Å². The third kappa shape index (κ3) is 3.87. The van der Waals surface area contributed by atoms with E-state index >= 15 is 0 Å². The average Bonchev–Trinajstić information content (AvgIpc) is 2.46. The van der Waals surface area contributed by atoms with E-state index in [1.165, 1.54) is 25.3 Å². The SMILES string of the molecule is CCC(C)(C)N(C)C(=O)Nc1cc(C(=O)O)ccc1OC. The lowest BCUT2D eigenvalue weighted by Gasteiger charge is -2.34. The highest BCUT2D eigenvalue weighted by atomic mass is 16.5. The fourth-order valence-corrected chi connectivity index (χ4v) is 1.65. The van der Waals surface area contributed by atoms with Crippen LogP contribution in [0.1, 0.15) is 37.6 Å². The Kier molecular flexibility index (Phi) is 5.18. The smallest absolute Gasteiger partial charge is 0.335 e. The molecule has 0 aliphatic carbocycles. The number of hydrogen-bond acceptors (Lipinski definition) is 3. The van der Waals surface area contributed by atoms with E-state index in [1.807, 2.05) is 20.8 Å². The first-order valence-corrected chi connectivity index (χ1v) is 6.69. The van der Waals surface area contributed by atoms with Crippen LogP contribution < -0.4 is 10.1 Å². The molecule has 1 aromatic carbocycles. The summed E-state index contributed by atoms with van der Waals surface area (Å²) in [6.45, 7) is 5.91. The van der Waals surface area contributed by atoms with E-state index in [0.29, 0.717) is 11.4 Å². The lowest BCUT2D eigenvalue weighted by molar-refractivity contribution is 0.0696. The summed E-state index contributed by atoms with van der Waals surface area (Å²) in [5.41, 5.74) is 0.117. The van der Waals surface area contributed by atoms with Crippen LogP contribution in [0.5, 0.6) is 5.75 Å². The van der Waals surface area contributed by atoms with Gasteiger partial charge in [-0.05, 0) is 38.5 Å². The van der Waals surface area contributed by atoms with Crippen molar-refractivity contribution >= 4 is 17.7 Å². The number of amides is 2. The molecule has 0 unspecified atom stereocenters. The van der Waals surface area contributed by atoms with Crippen LogP contribution in [0.4, 0.5) is 10.5 Å². The first-order chi connectivity index (χ1) is 9.72. The van der Waals surface area contributed by atoms with Crippen LogP contribution in [0.25, 0.3) is 0 Å². The van der Waals surface area contributed by atoms with Gasteiger partial charge in [0.05, 0.1) is 18.4 Å². The van der Waals surface area contributed by atoms with Gasteiger partial charge in [0, 0.05) is 12.6 Å². The van der Waals surface area contributed by atoms with Gasteiger partial charge in [0.25, 0.3) is 0 Å². The molecule has 1 aromatic rings. The lowest BCUT2D eigenvalue weighted by atomic mass is 10.0. The molecule has 0 saturated heterocycles. The van der Waals surface area contributed by atoms with Gasteiger partial charge in [0.1, 0.15) is 5.75 Å². The average molecular weight is 294 g/mol. The van der Waals surface area contributed by atoms with E-state index in [0.717, 1.165) is 6.42 Å². The van der Waals surface area contributed by atoms with Crippen molar-refractivity contribution in [1.29, 1.82) is 0 Å². The van der Waals surface area contributed by atoms with Gasteiger partial charge in [-0.15, -0.1) is 0 Å². The Bertz CT molecular complexity index is 540. The van der Waals surface area contributed by atoms with Crippen molar-refractivity contribution in [3.05, 3.63) is 23.8 Å². The number of anilines is 1. The number of nitrogens with zero attached hydrogens (tertiary/aromatic N) is 1. The maximum atomic E-state index is 12.3. The van der Waals surface area contributed by atoms with Gasteiger partial charge < -0.3 is 20.1 Å². The quantitative estimate of drug-likeness (QED) is 0.874. The molecule has 0 aromatic heterocycles. The Hall–Kier alpha value is -2.24. The van der Waals surface area contributed by atoms with Crippen molar-refractivity contribution in [2.75, 3.05) is 19.5 Å². The minimum absolute atomic E-state index is 0.0866. The van der Waals surface area contributed by atoms with Crippen molar-refractivity contribution in [3.63, 3.8) is 0 Å². The molecule has 0 saturated carbocycles. The van der Waals surface area contributed by atoms with Crippen molar-refractivity contribution in [3.8, 4) is 5.75 Å². The summed E-state index contributed by atoms with van der Waals surface area (Å²) < 4.78 is 5.15. The van der Waals surface area contributed by atoms with Crippen LogP contribution in [0.2, 0.25) is 0 Å². The first kappa shape index (κ1) is 16.8. The normalized spacial score (nSPS) is 10.9. The van der Waals surface area contributed by atoms with Crippen LogP contribution in [0, 0.1) is 0 Å². The highest BCUT2D eigenvalue weighted by Crippen LogP contribution is 2.27. The highest BCUT2D eigenvalue weighted by Gasteiger charge is 2.26. The predicted octanol–water partition coefficient (Wildman–Crippen LogP) is 3.05. The standard InChI is InChI=1S/C15H22N2O4/c1-6-15(2,3)17(4)14(20)16-11-9-10(13(18)19)7-8-12(11)21-5/h7-9H,6H2,1-5H3,(H,16,20)(H,18,19). The molecule has 2 N–H and O–H groups in total. The minimum atomic E-state index is -1.06. The van der Waals surface area contributed by atoms with Gasteiger partial charge in [-0.3, -0.25) is 0 Å². The van der Waals surface area contributed by atoms with Gasteiger partial charge in [-0.1, -0.05) is 6.92 Å². The number of urea groups is 1. The number of aromatic carboxylic acids is 1. The van der Waals surface area contributed by atoms with E-state index in [4.69, 9.17) is 9.84 Å². The zero-order valence-corrected chi connectivity index (χ0v) is 13.1. The fourth-order valence-electron chi connectivity index (χ4n) is 1.65. The largest absolute Gasteiger partial charge is 0.495 e. The number of carboxylic acid groups (broad SMARTS) is 1. The highest BCUT2D eigenvalue weighted by molar-refractivity contribution is 5.95. The number of carboxylic acids is 1. The summed E-state index contributed by atoms with van der Waals surface area (Å²) >= 11 is 0. The molecule has 0 aliphatic heterocycles. The summed E-state index contributed by atoms with van der Waals surface area (Å²) in [6, 6.07) is 4.01. The van der Waals surface area contributed by atoms with Crippen LogP contribution in [-0.4, -0.2) is 41.7 Å². The molecule has 116 valence electrons. The number of hydrogen-bond donors (Lipinski definition) is 2. The summed E-state index contributed by atoms with van der Waals surface area (Å²) in [4.78, 5) is 24.9. The Labute approximate surface area is 124 Å². The topological polar surface area (TPSA) is 78.9 Å². The first-order valence-electron chi connectivity index (χ1n) is 6.69. The molecule has 1 rings (SSSR count). The summed E-state index contributed by atoms with van der Waals surface area (Å²) in [5, 5.41) is 11.7. The van der Waals surface area contributed by atoms with Gasteiger partial charge >= 0.3 is 12.0 Å². The molecule has 6 heteroatoms. The molecule has 0 atom stereocenters. The van der Waals surface area contributed by atoms with E-state index in [1.54, 1.807) is 11.9 Å². The zero-order valence-electron chi connectivity index (χ0n) is 13.1. The monoisotopic (exact) mass is 294 g/mol. The minimum Gasteiger partial charge on any atom is -0.495 e. The zero-order chi connectivity index (χ0) is 16.2. The third-order valence-electron chi connectivity index (χ3n) is 3.77. The summed E-state index contributed by atoms with van der Waals surface area (Å²) in [7, 11) is 3.16. The van der Waals surface area contributed by atoms with Crippen molar-refractivity contribution in [1.82, 2.24) is 4.90 Å². The van der Waals surface area contributed by atoms with Gasteiger partial charge in [-0.2, -0.15) is 0 Å². The number of carbonyl (C=O) groups excluding carboxylic acids is 1. The van der Waals surface area contributed by atoms with Gasteiger partial charge in [0.2, 0.25) is 0 Å².